The number of benzene rings is 1. The van der Waals surface area contributed by atoms with Crippen molar-refractivity contribution in [1.29, 1.82) is 0 Å². The molecule has 1 aliphatic rings. The Morgan fingerprint density at radius 1 is 1.11 bits per heavy atom. The second kappa shape index (κ2) is 4.42. The fourth-order valence-corrected chi connectivity index (χ4v) is 2.33. The maximum absolute atomic E-state index is 5.79. The predicted molar refractivity (Wildman–Crippen MR) is 73.7 cm³/mol. The van der Waals surface area contributed by atoms with Crippen molar-refractivity contribution in [3.05, 3.63) is 24.5 Å². The van der Waals surface area contributed by atoms with Gasteiger partial charge in [-0.2, -0.15) is 0 Å². The molecule has 3 rings (SSSR count). The van der Waals surface area contributed by atoms with E-state index in [1.165, 1.54) is 0 Å². The van der Waals surface area contributed by atoms with E-state index in [0.29, 0.717) is 0 Å². The molecule has 0 amide bonds. The first-order valence-corrected chi connectivity index (χ1v) is 6.18. The van der Waals surface area contributed by atoms with Gasteiger partial charge in [-0.15, -0.1) is 0 Å². The highest BCUT2D eigenvalue weighted by Gasteiger charge is 2.17. The lowest BCUT2D eigenvalue weighted by Gasteiger charge is -2.33. The highest BCUT2D eigenvalue weighted by atomic mass is 15.3. The van der Waals surface area contributed by atoms with Gasteiger partial charge < -0.3 is 15.5 Å². The fraction of sp³-hybridized carbons (Fsp3) is 0.385. The first-order chi connectivity index (χ1) is 8.74. The van der Waals surface area contributed by atoms with Gasteiger partial charge in [-0.1, -0.05) is 0 Å². The molecule has 0 bridgehead atoms. The largest absolute Gasteiger partial charge is 0.399 e. The van der Waals surface area contributed by atoms with Gasteiger partial charge in [0.1, 0.15) is 12.1 Å². The molecular weight excluding hydrogens is 226 g/mol. The number of nitrogens with two attached hydrogens (primary N) is 1. The zero-order chi connectivity index (χ0) is 12.5. The highest BCUT2D eigenvalue weighted by Crippen LogP contribution is 2.25. The van der Waals surface area contributed by atoms with Gasteiger partial charge in [0.2, 0.25) is 0 Å². The highest BCUT2D eigenvalue weighted by molar-refractivity contribution is 5.91. The molecule has 2 N–H and O–H groups in total. The number of likely N-dealkylation sites (N-methyl/N-ethyl adjacent to an activating group) is 1. The Bertz CT molecular complexity index is 560. The Hall–Kier alpha value is -1.88. The van der Waals surface area contributed by atoms with E-state index in [0.717, 1.165) is 48.6 Å². The third-order valence-corrected chi connectivity index (χ3v) is 3.44. The van der Waals surface area contributed by atoms with Crippen LogP contribution in [-0.2, 0) is 0 Å². The Morgan fingerprint density at radius 3 is 2.67 bits per heavy atom. The lowest BCUT2D eigenvalue weighted by atomic mass is 10.2. The number of aromatic nitrogens is 2. The van der Waals surface area contributed by atoms with Gasteiger partial charge in [0.05, 0.1) is 5.52 Å². The minimum atomic E-state index is 0.741. The van der Waals surface area contributed by atoms with E-state index in [9.17, 15) is 0 Å². The van der Waals surface area contributed by atoms with Crippen molar-refractivity contribution in [3.63, 3.8) is 0 Å². The Labute approximate surface area is 106 Å². The summed E-state index contributed by atoms with van der Waals surface area (Å²) in [6.07, 6.45) is 1.62. The quantitative estimate of drug-likeness (QED) is 0.756. The summed E-state index contributed by atoms with van der Waals surface area (Å²) in [4.78, 5) is 13.4. The van der Waals surface area contributed by atoms with Crippen LogP contribution in [0.5, 0.6) is 0 Å². The van der Waals surface area contributed by atoms with Crippen molar-refractivity contribution in [2.75, 3.05) is 43.9 Å². The van der Waals surface area contributed by atoms with Crippen molar-refractivity contribution in [3.8, 4) is 0 Å². The van der Waals surface area contributed by atoms with Crippen molar-refractivity contribution in [2.24, 2.45) is 0 Å². The van der Waals surface area contributed by atoms with Gasteiger partial charge in [0, 0.05) is 37.3 Å². The SMILES string of the molecule is CN1CCN(c2ncnc3cc(N)ccc23)CC1. The number of rotatable bonds is 1. The number of nitrogen functional groups attached to an aromatic ring is 1. The monoisotopic (exact) mass is 243 g/mol. The second-order valence-corrected chi connectivity index (χ2v) is 4.76. The molecule has 2 heterocycles. The number of anilines is 2. The fourth-order valence-electron chi connectivity index (χ4n) is 2.33. The van der Waals surface area contributed by atoms with Gasteiger partial charge in [0.15, 0.2) is 0 Å². The van der Waals surface area contributed by atoms with Gasteiger partial charge in [0.25, 0.3) is 0 Å². The number of piperazine rings is 1. The smallest absolute Gasteiger partial charge is 0.139 e. The molecule has 18 heavy (non-hydrogen) atoms. The lowest BCUT2D eigenvalue weighted by molar-refractivity contribution is 0.312. The van der Waals surface area contributed by atoms with E-state index in [-0.39, 0.29) is 0 Å². The van der Waals surface area contributed by atoms with Crippen LogP contribution >= 0.6 is 0 Å². The second-order valence-electron chi connectivity index (χ2n) is 4.76. The molecule has 1 aromatic heterocycles. The predicted octanol–water partition coefficient (Wildman–Crippen LogP) is 0.964. The van der Waals surface area contributed by atoms with E-state index in [4.69, 9.17) is 5.73 Å². The molecule has 1 fully saturated rings. The molecule has 0 saturated carbocycles. The minimum absolute atomic E-state index is 0.741. The molecule has 0 spiro atoms. The summed E-state index contributed by atoms with van der Waals surface area (Å²) >= 11 is 0. The molecule has 2 aromatic rings. The van der Waals surface area contributed by atoms with E-state index in [1.54, 1.807) is 6.33 Å². The average molecular weight is 243 g/mol. The maximum Gasteiger partial charge on any atom is 0.139 e. The van der Waals surface area contributed by atoms with Crippen LogP contribution in [0, 0.1) is 0 Å². The molecule has 0 aliphatic carbocycles. The first kappa shape index (κ1) is 11.2. The summed E-state index contributed by atoms with van der Waals surface area (Å²) in [7, 11) is 2.15. The third kappa shape index (κ3) is 1.97. The van der Waals surface area contributed by atoms with Crippen LogP contribution in [0.4, 0.5) is 11.5 Å². The summed E-state index contributed by atoms with van der Waals surface area (Å²) in [5, 5.41) is 1.08. The van der Waals surface area contributed by atoms with E-state index in [2.05, 4.69) is 26.8 Å². The normalized spacial score (nSPS) is 17.3. The molecule has 0 atom stereocenters. The van der Waals surface area contributed by atoms with Gasteiger partial charge >= 0.3 is 0 Å². The van der Waals surface area contributed by atoms with Crippen LogP contribution in [0.15, 0.2) is 24.5 Å². The minimum Gasteiger partial charge on any atom is -0.399 e. The average Bonchev–Trinajstić information content (AvgIpc) is 2.38. The van der Waals surface area contributed by atoms with Crippen LogP contribution in [0.25, 0.3) is 10.9 Å². The Balaban J connectivity index is 2.01. The standard InChI is InChI=1S/C13H17N5/c1-17-4-6-18(7-5-17)13-11-3-2-10(14)8-12(11)15-9-16-13/h2-3,8-9H,4-7,14H2,1H3. The molecule has 0 radical (unpaired) electrons. The Morgan fingerprint density at radius 2 is 1.89 bits per heavy atom. The molecular formula is C13H17N5. The number of hydrogen-bond acceptors (Lipinski definition) is 5. The summed E-state index contributed by atoms with van der Waals surface area (Å²) in [5.74, 6) is 1.02. The zero-order valence-corrected chi connectivity index (χ0v) is 10.5. The topological polar surface area (TPSA) is 58.3 Å². The molecule has 1 aromatic carbocycles. The van der Waals surface area contributed by atoms with Crippen molar-refractivity contribution >= 4 is 22.4 Å². The molecule has 5 nitrogen and oxygen atoms in total. The molecule has 94 valence electrons. The summed E-state index contributed by atoms with van der Waals surface area (Å²) in [6, 6.07) is 5.82. The number of hydrogen-bond donors (Lipinski definition) is 1. The van der Waals surface area contributed by atoms with Gasteiger partial charge in [-0.25, -0.2) is 9.97 Å². The zero-order valence-electron chi connectivity index (χ0n) is 10.5. The van der Waals surface area contributed by atoms with Crippen molar-refractivity contribution in [1.82, 2.24) is 14.9 Å². The van der Waals surface area contributed by atoms with Crippen LogP contribution in [-0.4, -0.2) is 48.1 Å². The maximum atomic E-state index is 5.79. The molecule has 0 unspecified atom stereocenters. The van der Waals surface area contributed by atoms with Gasteiger partial charge in [-0.3, -0.25) is 0 Å². The summed E-state index contributed by atoms with van der Waals surface area (Å²) in [5.41, 5.74) is 7.45. The number of nitrogens with zero attached hydrogens (tertiary/aromatic N) is 4. The summed E-state index contributed by atoms with van der Waals surface area (Å²) in [6.45, 7) is 4.15. The van der Waals surface area contributed by atoms with E-state index < -0.39 is 0 Å². The molecule has 1 saturated heterocycles. The molecule has 1 aliphatic heterocycles. The third-order valence-electron chi connectivity index (χ3n) is 3.44. The number of fused-ring (bicyclic) bond motifs is 1. The van der Waals surface area contributed by atoms with Gasteiger partial charge in [-0.05, 0) is 25.2 Å². The van der Waals surface area contributed by atoms with Crippen LogP contribution in [0.3, 0.4) is 0 Å². The van der Waals surface area contributed by atoms with Crippen LogP contribution in [0.1, 0.15) is 0 Å². The Kier molecular flexibility index (Phi) is 2.76. The van der Waals surface area contributed by atoms with Crippen LogP contribution in [0.2, 0.25) is 0 Å². The molecule has 5 heteroatoms. The first-order valence-electron chi connectivity index (χ1n) is 6.18. The van der Waals surface area contributed by atoms with E-state index >= 15 is 0 Å². The van der Waals surface area contributed by atoms with Crippen molar-refractivity contribution < 1.29 is 0 Å². The summed E-state index contributed by atoms with van der Waals surface area (Å²) < 4.78 is 0. The van der Waals surface area contributed by atoms with Crippen molar-refractivity contribution in [2.45, 2.75) is 0 Å². The van der Waals surface area contributed by atoms with E-state index in [1.807, 2.05) is 18.2 Å². The lowest BCUT2D eigenvalue weighted by Crippen LogP contribution is -2.44. The van der Waals surface area contributed by atoms with Crippen LogP contribution < -0.4 is 10.6 Å².